The van der Waals surface area contributed by atoms with Crippen LogP contribution in [0.5, 0.6) is 0 Å². The average Bonchev–Trinajstić information content (AvgIpc) is 0.985. The third-order valence-corrected chi connectivity index (χ3v) is 17.5. The summed E-state index contributed by atoms with van der Waals surface area (Å²) in [5.74, 6) is -2.27. The van der Waals surface area contributed by atoms with Crippen LogP contribution in [0, 0.1) is 0 Å². The highest BCUT2D eigenvalue weighted by atomic mass is 31.2. The lowest BCUT2D eigenvalue weighted by Gasteiger charge is -2.21. The maximum absolute atomic E-state index is 13.1. The van der Waals surface area contributed by atoms with Crippen molar-refractivity contribution in [2.24, 2.45) is 0 Å². The van der Waals surface area contributed by atoms with Crippen molar-refractivity contribution in [3.63, 3.8) is 0 Å². The average molecular weight is 1440 g/mol. The van der Waals surface area contributed by atoms with Crippen LogP contribution < -0.4 is 0 Å². The van der Waals surface area contributed by atoms with E-state index in [9.17, 15) is 43.2 Å². The summed E-state index contributed by atoms with van der Waals surface area (Å²) in [4.78, 5) is 72.8. The fraction of sp³-hybridized carbons (Fsp3) is 0.679. The quantitative estimate of drug-likeness (QED) is 0.0169. The molecule has 0 aromatic rings. The molecule has 0 aromatic heterocycles. The first-order valence-electron chi connectivity index (χ1n) is 38.4. The highest BCUT2D eigenvalue weighted by Crippen LogP contribution is 2.45. The predicted molar refractivity (Wildman–Crippen MR) is 408 cm³/mol. The Morgan fingerprint density at radius 1 is 0.290 bits per heavy atom. The number of phosphoric ester groups is 2. The van der Waals surface area contributed by atoms with E-state index in [1.54, 1.807) is 0 Å². The van der Waals surface area contributed by atoms with Gasteiger partial charge in [0.05, 0.1) is 26.4 Å². The number of aliphatic hydroxyl groups is 1. The summed E-state index contributed by atoms with van der Waals surface area (Å²) in [6, 6.07) is 0. The molecule has 572 valence electrons. The normalized spacial score (nSPS) is 14.7. The fourth-order valence-electron chi connectivity index (χ4n) is 9.80. The summed E-state index contributed by atoms with van der Waals surface area (Å²) in [6.07, 6.45) is 80.2. The minimum absolute atomic E-state index is 0.0675. The molecule has 0 bridgehead atoms. The van der Waals surface area contributed by atoms with Gasteiger partial charge in [0.25, 0.3) is 0 Å². The molecule has 0 rings (SSSR count). The topological polar surface area (TPSA) is 237 Å². The molecular formula is C81H136O17P2. The molecular weight excluding hydrogens is 1310 g/mol. The summed E-state index contributed by atoms with van der Waals surface area (Å²) in [5.41, 5.74) is 0. The second kappa shape index (κ2) is 72.5. The van der Waals surface area contributed by atoms with Crippen molar-refractivity contribution in [2.45, 2.75) is 316 Å². The highest BCUT2D eigenvalue weighted by Gasteiger charge is 2.30. The van der Waals surface area contributed by atoms with Gasteiger partial charge in [-0.3, -0.25) is 37.3 Å². The Balaban J connectivity index is 5.40. The molecule has 0 saturated carbocycles. The molecule has 0 aliphatic rings. The Hall–Kier alpha value is -4.80. The van der Waals surface area contributed by atoms with Crippen LogP contribution in [0.25, 0.3) is 0 Å². The Morgan fingerprint density at radius 3 is 0.850 bits per heavy atom. The zero-order valence-electron chi connectivity index (χ0n) is 62.3. The first-order valence-corrected chi connectivity index (χ1v) is 41.4. The Kier molecular flexibility index (Phi) is 69.1. The van der Waals surface area contributed by atoms with Gasteiger partial charge in [-0.05, 0) is 141 Å². The maximum Gasteiger partial charge on any atom is 0.472 e. The minimum Gasteiger partial charge on any atom is -0.462 e. The largest absolute Gasteiger partial charge is 0.472 e. The number of rotatable bonds is 71. The molecule has 0 saturated heterocycles. The summed E-state index contributed by atoms with van der Waals surface area (Å²) in [6.45, 7) is 4.51. The lowest BCUT2D eigenvalue weighted by atomic mass is 10.1. The van der Waals surface area contributed by atoms with E-state index >= 15 is 0 Å². The Morgan fingerprint density at radius 2 is 0.520 bits per heavy atom. The number of hydrogen-bond donors (Lipinski definition) is 3. The molecule has 19 heteroatoms. The lowest BCUT2D eigenvalue weighted by molar-refractivity contribution is -0.161. The first-order chi connectivity index (χ1) is 48.7. The van der Waals surface area contributed by atoms with Crippen molar-refractivity contribution in [1.82, 2.24) is 0 Å². The Labute approximate surface area is 605 Å². The second-order valence-electron chi connectivity index (χ2n) is 25.2. The van der Waals surface area contributed by atoms with E-state index in [2.05, 4.69) is 161 Å². The van der Waals surface area contributed by atoms with Gasteiger partial charge >= 0.3 is 39.5 Å². The van der Waals surface area contributed by atoms with Crippen molar-refractivity contribution in [3.05, 3.63) is 134 Å². The molecule has 5 unspecified atom stereocenters. The molecule has 17 nitrogen and oxygen atoms in total. The van der Waals surface area contributed by atoms with E-state index in [1.807, 2.05) is 0 Å². The first kappa shape index (κ1) is 95.2. The van der Waals surface area contributed by atoms with Crippen molar-refractivity contribution >= 4 is 39.5 Å². The molecule has 3 N–H and O–H groups in total. The van der Waals surface area contributed by atoms with Crippen LogP contribution in [0.15, 0.2) is 134 Å². The summed E-state index contributed by atoms with van der Waals surface area (Å²) in [5, 5.41) is 10.6. The lowest BCUT2D eigenvalue weighted by Crippen LogP contribution is -2.30. The number of aliphatic hydroxyl groups excluding tert-OH is 1. The van der Waals surface area contributed by atoms with Crippen LogP contribution in [0.1, 0.15) is 297 Å². The number of ether oxygens (including phenoxy) is 4. The van der Waals surface area contributed by atoms with Crippen LogP contribution in [-0.2, 0) is 65.4 Å². The van der Waals surface area contributed by atoms with Crippen LogP contribution in [0.2, 0.25) is 0 Å². The molecule has 0 aromatic carbocycles. The monoisotopic (exact) mass is 1440 g/mol. The van der Waals surface area contributed by atoms with Crippen molar-refractivity contribution in [3.8, 4) is 0 Å². The van der Waals surface area contributed by atoms with E-state index in [-0.39, 0.29) is 25.7 Å². The van der Waals surface area contributed by atoms with E-state index in [0.717, 1.165) is 161 Å². The summed E-state index contributed by atoms with van der Waals surface area (Å²) in [7, 11) is -9.98. The summed E-state index contributed by atoms with van der Waals surface area (Å²) >= 11 is 0. The van der Waals surface area contributed by atoms with Gasteiger partial charge < -0.3 is 33.8 Å². The fourth-order valence-corrected chi connectivity index (χ4v) is 11.4. The van der Waals surface area contributed by atoms with Crippen LogP contribution in [0.3, 0.4) is 0 Å². The third kappa shape index (κ3) is 71.6. The van der Waals surface area contributed by atoms with E-state index in [1.165, 1.54) is 57.8 Å². The zero-order valence-corrected chi connectivity index (χ0v) is 64.1. The van der Waals surface area contributed by atoms with Gasteiger partial charge in [0.1, 0.15) is 19.3 Å². The minimum atomic E-state index is -4.99. The van der Waals surface area contributed by atoms with E-state index in [4.69, 9.17) is 37.0 Å². The predicted octanol–water partition coefficient (Wildman–Crippen LogP) is 22.1. The van der Waals surface area contributed by atoms with E-state index in [0.29, 0.717) is 25.7 Å². The molecule has 5 atom stereocenters. The number of allylic oxidation sites excluding steroid dienone is 22. The molecule has 0 aliphatic heterocycles. The van der Waals surface area contributed by atoms with Gasteiger partial charge in [-0.2, -0.15) is 0 Å². The smallest absolute Gasteiger partial charge is 0.462 e. The maximum atomic E-state index is 13.1. The Bertz CT molecular complexity index is 2420. The third-order valence-electron chi connectivity index (χ3n) is 15.6. The van der Waals surface area contributed by atoms with Crippen molar-refractivity contribution < 1.29 is 80.2 Å². The van der Waals surface area contributed by atoms with Crippen LogP contribution in [-0.4, -0.2) is 96.7 Å². The molecule has 0 heterocycles. The van der Waals surface area contributed by atoms with Crippen molar-refractivity contribution in [1.29, 1.82) is 0 Å². The molecule has 0 radical (unpaired) electrons. The number of unbranched alkanes of at least 4 members (excludes halogenated alkanes) is 23. The number of carbonyl (C=O) groups is 4. The van der Waals surface area contributed by atoms with E-state index < -0.39 is 97.5 Å². The second-order valence-corrected chi connectivity index (χ2v) is 28.1. The number of carbonyl (C=O) groups excluding carboxylic acids is 4. The summed E-state index contributed by atoms with van der Waals surface area (Å²) < 4.78 is 68.4. The SMILES string of the molecule is CC/C=C\C/C=C\C/C=C\C/C=C\C/C=C\CCCCCC(=O)OCC(COP(=O)(O)OCC(O)COP(=O)(O)OCC(COC(=O)CCCC/C=C\C/C=C\C/C=C\C/C=C\CC)OC(=O)CCCCCCCCCCCCC)OC(=O)CCCCCCC/C=C\C/C=C\CCCCC. The van der Waals surface area contributed by atoms with Crippen molar-refractivity contribution in [2.75, 3.05) is 39.6 Å². The number of phosphoric acid groups is 2. The van der Waals surface area contributed by atoms with Crippen LogP contribution >= 0.6 is 15.6 Å². The van der Waals surface area contributed by atoms with Gasteiger partial charge in [-0.15, -0.1) is 0 Å². The molecule has 0 spiro atoms. The standard InChI is InChI=1S/C81H136O17P2/c1-5-9-13-17-21-25-29-32-35-36-37-38-41-43-47-50-54-58-62-66-79(84)92-72-77(98-81(86)68-64-60-56-52-48-44-40-34-31-27-23-19-15-11-7-3)74-96-100(89,90)94-70-75(82)69-93-99(87,88)95-73-76(97-80(85)67-63-59-55-51-45-28-24-20-16-12-8-4)71-91-78(83)65-61-57-53-49-46-42-39-33-30-26-22-18-14-10-6-2/h9-10,13-14,21-23,25-27,32-35,37-40,43,46-47,49,75-77,82H,5-8,11-12,15-20,24,28-31,36,41-42,44-45,48,50-74H2,1-4H3,(H,87,88)(H,89,90)/b13-9-,14-10-,25-21-,26-22-,27-23-,35-32-,38-37-,39-33-,40-34-,47-43-,49-46-. The van der Waals surface area contributed by atoms with Gasteiger partial charge in [0, 0.05) is 25.7 Å². The molecule has 0 aliphatic carbocycles. The molecule has 100 heavy (non-hydrogen) atoms. The molecule has 0 fully saturated rings. The van der Waals surface area contributed by atoms with Gasteiger partial charge in [-0.25, -0.2) is 9.13 Å². The van der Waals surface area contributed by atoms with Gasteiger partial charge in [0.2, 0.25) is 0 Å². The van der Waals surface area contributed by atoms with Gasteiger partial charge in [0.15, 0.2) is 12.2 Å². The molecule has 0 amide bonds. The van der Waals surface area contributed by atoms with Crippen LogP contribution in [0.4, 0.5) is 0 Å². The van der Waals surface area contributed by atoms with Gasteiger partial charge in [-0.1, -0.05) is 264 Å². The number of esters is 4. The number of hydrogen-bond acceptors (Lipinski definition) is 15. The highest BCUT2D eigenvalue weighted by molar-refractivity contribution is 7.47. The zero-order chi connectivity index (χ0) is 73.2.